The van der Waals surface area contributed by atoms with E-state index in [9.17, 15) is 8.42 Å². The van der Waals surface area contributed by atoms with Gasteiger partial charge in [-0.15, -0.1) is 0 Å². The van der Waals surface area contributed by atoms with Crippen LogP contribution in [0.3, 0.4) is 0 Å². The SMILES string of the molecule is O=S(=O)(O)OCCC[n+]1ccccc1Cl. The van der Waals surface area contributed by atoms with Gasteiger partial charge in [0.15, 0.2) is 12.7 Å². The van der Waals surface area contributed by atoms with Gasteiger partial charge in [-0.3, -0.25) is 4.55 Å². The molecule has 0 fully saturated rings. The lowest BCUT2D eigenvalue weighted by Crippen LogP contribution is -2.35. The zero-order chi connectivity index (χ0) is 11.3. The second kappa shape index (κ2) is 5.41. The minimum absolute atomic E-state index is 0.0724. The first kappa shape index (κ1) is 12.4. The Hall–Kier alpha value is -0.690. The van der Waals surface area contributed by atoms with E-state index in [-0.39, 0.29) is 6.61 Å². The van der Waals surface area contributed by atoms with Crippen molar-refractivity contribution < 1.29 is 21.7 Å². The third kappa shape index (κ3) is 5.08. The molecular weight excluding hydrogens is 242 g/mol. The number of aryl methyl sites for hydroxylation is 1. The first-order valence-corrected chi connectivity index (χ1v) is 5.99. The zero-order valence-electron chi connectivity index (χ0n) is 7.84. The molecule has 0 spiro atoms. The van der Waals surface area contributed by atoms with E-state index in [0.29, 0.717) is 18.1 Å². The lowest BCUT2D eigenvalue weighted by Gasteiger charge is -1.99. The molecule has 0 bridgehead atoms. The van der Waals surface area contributed by atoms with Gasteiger partial charge in [0.2, 0.25) is 0 Å². The molecule has 0 atom stereocenters. The fraction of sp³-hybridized carbons (Fsp3) is 0.375. The van der Waals surface area contributed by atoms with E-state index in [0.717, 1.165) is 0 Å². The molecule has 1 aromatic heterocycles. The van der Waals surface area contributed by atoms with Gasteiger partial charge < -0.3 is 0 Å². The predicted molar refractivity (Wildman–Crippen MR) is 53.8 cm³/mol. The molecule has 0 saturated carbocycles. The fourth-order valence-electron chi connectivity index (χ4n) is 1.04. The number of nitrogens with zero attached hydrogens (tertiary/aromatic N) is 1. The summed E-state index contributed by atoms with van der Waals surface area (Å²) in [5.74, 6) is 0. The molecule has 0 amide bonds. The van der Waals surface area contributed by atoms with E-state index >= 15 is 0 Å². The van der Waals surface area contributed by atoms with Gasteiger partial charge in [-0.25, -0.2) is 4.18 Å². The predicted octanol–water partition coefficient (Wildman–Crippen LogP) is 0.837. The summed E-state index contributed by atoms with van der Waals surface area (Å²) >= 11 is 5.85. The summed E-state index contributed by atoms with van der Waals surface area (Å²) in [7, 11) is -4.33. The number of pyridine rings is 1. The molecule has 1 heterocycles. The highest BCUT2D eigenvalue weighted by Crippen LogP contribution is 1.99. The quantitative estimate of drug-likeness (QED) is 0.365. The largest absolute Gasteiger partial charge is 0.397 e. The molecule has 0 aromatic carbocycles. The summed E-state index contributed by atoms with van der Waals surface area (Å²) in [6, 6.07) is 5.34. The Morgan fingerprint density at radius 2 is 2.20 bits per heavy atom. The molecule has 0 aliphatic carbocycles. The Morgan fingerprint density at radius 1 is 1.47 bits per heavy atom. The van der Waals surface area contributed by atoms with Crippen molar-refractivity contribution in [2.45, 2.75) is 13.0 Å². The van der Waals surface area contributed by atoms with Crippen LogP contribution in [0, 0.1) is 0 Å². The second-order valence-electron chi connectivity index (χ2n) is 2.82. The van der Waals surface area contributed by atoms with Crippen molar-refractivity contribution in [1.29, 1.82) is 0 Å². The molecule has 7 heteroatoms. The van der Waals surface area contributed by atoms with E-state index in [1.165, 1.54) is 0 Å². The molecule has 0 saturated heterocycles. The topological polar surface area (TPSA) is 67.5 Å². The van der Waals surface area contributed by atoms with Crippen molar-refractivity contribution >= 4 is 22.0 Å². The van der Waals surface area contributed by atoms with Gasteiger partial charge in [-0.1, -0.05) is 0 Å². The van der Waals surface area contributed by atoms with E-state index < -0.39 is 10.4 Å². The maximum Gasteiger partial charge on any atom is 0.397 e. The summed E-state index contributed by atoms with van der Waals surface area (Å²) in [5.41, 5.74) is 0. The summed E-state index contributed by atoms with van der Waals surface area (Å²) in [6.45, 7) is 0.451. The minimum atomic E-state index is -4.33. The highest BCUT2D eigenvalue weighted by molar-refractivity contribution is 7.80. The lowest BCUT2D eigenvalue weighted by molar-refractivity contribution is -0.695. The van der Waals surface area contributed by atoms with E-state index in [4.69, 9.17) is 16.2 Å². The van der Waals surface area contributed by atoms with E-state index in [2.05, 4.69) is 4.18 Å². The molecule has 1 N–H and O–H groups in total. The van der Waals surface area contributed by atoms with Crippen LogP contribution in [0.2, 0.25) is 5.15 Å². The van der Waals surface area contributed by atoms with Gasteiger partial charge >= 0.3 is 10.4 Å². The standard InChI is InChI=1S/C8H10ClNO4S/c9-8-4-1-2-5-10(8)6-3-7-14-15(11,12)13/h1-2,4-5H,3,6-7H2/p+1. The number of hydrogen-bond acceptors (Lipinski definition) is 3. The van der Waals surface area contributed by atoms with Crippen LogP contribution in [0.15, 0.2) is 24.4 Å². The van der Waals surface area contributed by atoms with Crippen molar-refractivity contribution in [3.05, 3.63) is 29.5 Å². The van der Waals surface area contributed by atoms with Crippen molar-refractivity contribution in [2.24, 2.45) is 0 Å². The highest BCUT2D eigenvalue weighted by Gasteiger charge is 2.08. The van der Waals surface area contributed by atoms with Gasteiger partial charge in [-0.05, 0) is 17.7 Å². The average Bonchev–Trinajstić information content (AvgIpc) is 2.13. The first-order valence-electron chi connectivity index (χ1n) is 4.25. The van der Waals surface area contributed by atoms with Crippen LogP contribution in [0.5, 0.6) is 0 Å². The third-order valence-corrected chi connectivity index (χ3v) is 2.47. The molecule has 5 nitrogen and oxygen atoms in total. The monoisotopic (exact) mass is 252 g/mol. The maximum atomic E-state index is 10.2. The molecule has 84 valence electrons. The summed E-state index contributed by atoms with van der Waals surface area (Å²) in [6.07, 6.45) is 2.21. The first-order chi connectivity index (χ1) is 6.99. The summed E-state index contributed by atoms with van der Waals surface area (Å²) in [5, 5.41) is 0.560. The van der Waals surface area contributed by atoms with Gasteiger partial charge in [-0.2, -0.15) is 13.0 Å². The maximum absolute atomic E-state index is 10.2. The Labute approximate surface area is 93.2 Å². The summed E-state index contributed by atoms with van der Waals surface area (Å²) < 4.78 is 34.6. The van der Waals surface area contributed by atoms with Crippen molar-refractivity contribution in [1.82, 2.24) is 0 Å². The molecule has 1 rings (SSSR count). The lowest BCUT2D eigenvalue weighted by atomic mass is 10.4. The van der Waals surface area contributed by atoms with E-state index in [1.54, 1.807) is 22.9 Å². The number of aromatic nitrogens is 1. The van der Waals surface area contributed by atoms with Crippen LogP contribution in [0.1, 0.15) is 6.42 Å². The molecule has 0 aliphatic heterocycles. The van der Waals surface area contributed by atoms with Crippen LogP contribution < -0.4 is 4.57 Å². The molecule has 15 heavy (non-hydrogen) atoms. The van der Waals surface area contributed by atoms with Gasteiger partial charge in [0.25, 0.3) is 5.15 Å². The average molecular weight is 253 g/mol. The van der Waals surface area contributed by atoms with E-state index in [1.807, 2.05) is 6.07 Å². The zero-order valence-corrected chi connectivity index (χ0v) is 9.41. The van der Waals surface area contributed by atoms with Gasteiger partial charge in [0.1, 0.15) is 0 Å². The Bertz CT molecular complexity index is 420. The van der Waals surface area contributed by atoms with Gasteiger partial charge in [0, 0.05) is 18.6 Å². The minimum Gasteiger partial charge on any atom is -0.264 e. The molecule has 0 unspecified atom stereocenters. The number of halogens is 1. The Morgan fingerprint density at radius 3 is 2.80 bits per heavy atom. The molecular formula is C8H11ClNO4S+. The smallest absolute Gasteiger partial charge is 0.264 e. The van der Waals surface area contributed by atoms with Crippen LogP contribution in [0.25, 0.3) is 0 Å². The van der Waals surface area contributed by atoms with Gasteiger partial charge in [0.05, 0.1) is 6.61 Å². The Kier molecular flexibility index (Phi) is 4.46. The van der Waals surface area contributed by atoms with Crippen molar-refractivity contribution in [3.8, 4) is 0 Å². The normalized spacial score (nSPS) is 11.6. The molecule has 1 aromatic rings. The molecule has 0 radical (unpaired) electrons. The van der Waals surface area contributed by atoms with Crippen molar-refractivity contribution in [3.63, 3.8) is 0 Å². The fourth-order valence-corrected chi connectivity index (χ4v) is 1.58. The Balaban J connectivity index is 2.36. The van der Waals surface area contributed by atoms with Crippen molar-refractivity contribution in [2.75, 3.05) is 6.61 Å². The van der Waals surface area contributed by atoms with Crippen LogP contribution in [-0.2, 0) is 21.1 Å². The number of rotatable bonds is 5. The van der Waals surface area contributed by atoms with Crippen LogP contribution in [-0.4, -0.2) is 19.6 Å². The third-order valence-electron chi connectivity index (χ3n) is 1.66. The summed E-state index contributed by atoms with van der Waals surface area (Å²) in [4.78, 5) is 0. The number of hydrogen-bond donors (Lipinski definition) is 1. The highest BCUT2D eigenvalue weighted by atomic mass is 35.5. The van der Waals surface area contributed by atoms with Crippen LogP contribution >= 0.6 is 11.6 Å². The van der Waals surface area contributed by atoms with Crippen LogP contribution in [0.4, 0.5) is 0 Å². The second-order valence-corrected chi connectivity index (χ2v) is 4.30. The molecule has 0 aliphatic rings.